The molecule has 0 N–H and O–H groups in total. The van der Waals surface area contributed by atoms with Gasteiger partial charge in [-0.1, -0.05) is 41.4 Å². The van der Waals surface area contributed by atoms with Gasteiger partial charge in [0.1, 0.15) is 0 Å². The molecule has 0 aliphatic carbocycles. The predicted octanol–water partition coefficient (Wildman–Crippen LogP) is 4.68. The molecule has 0 saturated carbocycles. The number of halogens is 3. The van der Waals surface area contributed by atoms with E-state index < -0.39 is 10.0 Å². The third-order valence-electron chi connectivity index (χ3n) is 3.15. The largest absolute Gasteiger partial charge is 0.243 e. The molecule has 0 fully saturated rings. The molecule has 1 aromatic rings. The summed E-state index contributed by atoms with van der Waals surface area (Å²) in [5.41, 5.74) is 0. The van der Waals surface area contributed by atoms with Crippen molar-refractivity contribution in [1.29, 1.82) is 0 Å². The van der Waals surface area contributed by atoms with Crippen LogP contribution >= 0.6 is 43.5 Å². The molecule has 0 aliphatic heterocycles. The number of sulfonamides is 1. The van der Waals surface area contributed by atoms with Crippen LogP contribution in [-0.4, -0.2) is 30.6 Å². The topological polar surface area (TPSA) is 37.4 Å². The van der Waals surface area contributed by atoms with Crippen molar-refractivity contribution in [2.75, 3.05) is 11.9 Å². The molecule has 1 rings (SSSR count). The predicted molar refractivity (Wildman–Crippen MR) is 91.2 cm³/mol. The molecule has 0 aliphatic rings. The van der Waals surface area contributed by atoms with Crippen LogP contribution in [0.2, 0.25) is 5.02 Å². The van der Waals surface area contributed by atoms with E-state index >= 15 is 0 Å². The minimum Gasteiger partial charge on any atom is -0.207 e. The number of hydrogen-bond acceptors (Lipinski definition) is 2. The lowest BCUT2D eigenvalue weighted by molar-refractivity contribution is 0.317. The first kappa shape index (κ1) is 18.4. The van der Waals surface area contributed by atoms with Crippen molar-refractivity contribution in [3.63, 3.8) is 0 Å². The molecule has 7 heteroatoms. The van der Waals surface area contributed by atoms with Crippen molar-refractivity contribution in [2.24, 2.45) is 0 Å². The van der Waals surface area contributed by atoms with Gasteiger partial charge in [-0.25, -0.2) is 8.42 Å². The molecular formula is C13H18Br2ClNO2S. The average molecular weight is 448 g/mol. The highest BCUT2D eigenvalue weighted by molar-refractivity contribution is 9.10. The van der Waals surface area contributed by atoms with Crippen molar-refractivity contribution < 1.29 is 8.42 Å². The van der Waals surface area contributed by atoms with Gasteiger partial charge in [0.2, 0.25) is 10.0 Å². The smallest absolute Gasteiger partial charge is 0.207 e. The zero-order valence-corrected chi connectivity index (χ0v) is 16.2. The quantitative estimate of drug-likeness (QED) is 0.570. The summed E-state index contributed by atoms with van der Waals surface area (Å²) in [6, 6.07) is 4.71. The summed E-state index contributed by atoms with van der Waals surface area (Å²) in [6.07, 6.45) is 1.58. The third kappa shape index (κ3) is 4.19. The Morgan fingerprint density at radius 1 is 1.30 bits per heavy atom. The molecule has 114 valence electrons. The Balaban J connectivity index is 3.24. The molecule has 0 heterocycles. The second-order valence-corrected chi connectivity index (χ2v) is 8.30. The molecular weight excluding hydrogens is 429 g/mol. The van der Waals surface area contributed by atoms with Crippen LogP contribution in [0.3, 0.4) is 0 Å². The second-order valence-electron chi connectivity index (χ2n) is 4.35. The van der Waals surface area contributed by atoms with E-state index in [4.69, 9.17) is 11.6 Å². The average Bonchev–Trinajstić information content (AvgIpc) is 2.42. The van der Waals surface area contributed by atoms with Gasteiger partial charge in [0.15, 0.2) is 0 Å². The highest BCUT2D eigenvalue weighted by Crippen LogP contribution is 2.28. The van der Waals surface area contributed by atoms with Crippen molar-refractivity contribution >= 4 is 53.5 Å². The lowest BCUT2D eigenvalue weighted by Gasteiger charge is -2.29. The van der Waals surface area contributed by atoms with Gasteiger partial charge in [-0.2, -0.15) is 4.31 Å². The molecule has 0 aromatic heterocycles. The van der Waals surface area contributed by atoms with Gasteiger partial charge in [0, 0.05) is 22.4 Å². The fourth-order valence-electron chi connectivity index (χ4n) is 2.05. The van der Waals surface area contributed by atoms with Gasteiger partial charge in [-0.3, -0.25) is 0 Å². The molecule has 0 atom stereocenters. The Morgan fingerprint density at radius 3 is 2.35 bits per heavy atom. The van der Waals surface area contributed by atoms with E-state index in [2.05, 4.69) is 31.9 Å². The first-order chi connectivity index (χ1) is 9.38. The molecule has 3 nitrogen and oxygen atoms in total. The molecule has 0 bridgehead atoms. The Morgan fingerprint density at radius 2 is 1.90 bits per heavy atom. The molecule has 0 spiro atoms. The molecule has 0 unspecified atom stereocenters. The zero-order chi connectivity index (χ0) is 15.3. The Bertz CT molecular complexity index is 547. The van der Waals surface area contributed by atoms with E-state index in [-0.39, 0.29) is 10.9 Å². The van der Waals surface area contributed by atoms with Gasteiger partial charge in [-0.15, -0.1) is 0 Å². The number of alkyl halides is 1. The number of rotatable bonds is 7. The number of hydrogen-bond donors (Lipinski definition) is 0. The zero-order valence-electron chi connectivity index (χ0n) is 11.4. The highest BCUT2D eigenvalue weighted by atomic mass is 79.9. The first-order valence-electron chi connectivity index (χ1n) is 6.41. The van der Waals surface area contributed by atoms with E-state index in [1.165, 1.54) is 0 Å². The van der Waals surface area contributed by atoms with Crippen LogP contribution < -0.4 is 0 Å². The maximum atomic E-state index is 12.8. The van der Waals surface area contributed by atoms with E-state index in [0.717, 1.165) is 12.8 Å². The van der Waals surface area contributed by atoms with Crippen molar-refractivity contribution in [3.8, 4) is 0 Å². The Kier molecular flexibility index (Phi) is 7.49. The third-order valence-corrected chi connectivity index (χ3v) is 6.67. The van der Waals surface area contributed by atoms with Gasteiger partial charge < -0.3 is 0 Å². The van der Waals surface area contributed by atoms with Crippen LogP contribution in [0, 0.1) is 0 Å². The lowest BCUT2D eigenvalue weighted by Crippen LogP contribution is -2.40. The van der Waals surface area contributed by atoms with Crippen LogP contribution in [0.25, 0.3) is 0 Å². The van der Waals surface area contributed by atoms with E-state index in [0.29, 0.717) is 21.4 Å². The lowest BCUT2D eigenvalue weighted by atomic mass is 10.2. The number of benzene rings is 1. The van der Waals surface area contributed by atoms with Gasteiger partial charge in [0.25, 0.3) is 0 Å². The van der Waals surface area contributed by atoms with Gasteiger partial charge in [-0.05, 0) is 47.0 Å². The summed E-state index contributed by atoms with van der Waals surface area (Å²) in [7, 11) is -3.51. The summed E-state index contributed by atoms with van der Waals surface area (Å²) in [6.45, 7) is 4.46. The summed E-state index contributed by atoms with van der Waals surface area (Å²) in [5, 5.41) is 1.11. The van der Waals surface area contributed by atoms with Crippen LogP contribution in [0.15, 0.2) is 27.6 Å². The highest BCUT2D eigenvalue weighted by Gasteiger charge is 2.29. The summed E-state index contributed by atoms with van der Waals surface area (Å²) in [5.74, 6) is 0. The van der Waals surface area contributed by atoms with E-state index in [9.17, 15) is 8.42 Å². The summed E-state index contributed by atoms with van der Waals surface area (Å²) in [4.78, 5) is 0.265. The minimum atomic E-state index is -3.51. The van der Waals surface area contributed by atoms with Crippen LogP contribution in [-0.2, 0) is 10.0 Å². The second kappa shape index (κ2) is 8.13. The summed E-state index contributed by atoms with van der Waals surface area (Å²) < 4.78 is 27.7. The molecule has 20 heavy (non-hydrogen) atoms. The van der Waals surface area contributed by atoms with Gasteiger partial charge in [0.05, 0.1) is 9.92 Å². The molecule has 1 aromatic carbocycles. The van der Waals surface area contributed by atoms with Crippen LogP contribution in [0.5, 0.6) is 0 Å². The van der Waals surface area contributed by atoms with E-state index in [1.807, 2.05) is 13.8 Å². The number of nitrogens with zero attached hydrogens (tertiary/aromatic N) is 1. The van der Waals surface area contributed by atoms with Crippen LogP contribution in [0.4, 0.5) is 0 Å². The SMILES string of the molecule is CCC(CC)N(CCBr)S(=O)(=O)c1ccc(Cl)c(Br)c1. The summed E-state index contributed by atoms with van der Waals surface area (Å²) >= 11 is 12.5. The minimum absolute atomic E-state index is 0.00648. The van der Waals surface area contributed by atoms with Crippen molar-refractivity contribution in [3.05, 3.63) is 27.7 Å². The van der Waals surface area contributed by atoms with Crippen LogP contribution in [0.1, 0.15) is 26.7 Å². The monoisotopic (exact) mass is 445 g/mol. The van der Waals surface area contributed by atoms with Crippen molar-refractivity contribution in [1.82, 2.24) is 4.31 Å². The Hall–Kier alpha value is 0.380. The van der Waals surface area contributed by atoms with Gasteiger partial charge >= 0.3 is 0 Å². The fourth-order valence-corrected chi connectivity index (χ4v) is 5.12. The maximum Gasteiger partial charge on any atom is 0.243 e. The normalized spacial score (nSPS) is 12.3. The molecule has 0 saturated heterocycles. The van der Waals surface area contributed by atoms with Crippen molar-refractivity contribution in [2.45, 2.75) is 37.6 Å². The molecule has 0 amide bonds. The molecule has 0 radical (unpaired) electrons. The fraction of sp³-hybridized carbons (Fsp3) is 0.538. The first-order valence-corrected chi connectivity index (χ1v) is 10.1. The standard InChI is InChI=1S/C13H18Br2ClNO2S/c1-3-10(4-2)17(8-7-14)20(18,19)11-5-6-13(16)12(15)9-11/h5-6,9-10H,3-4,7-8H2,1-2H3. The maximum absolute atomic E-state index is 12.8. The van der Waals surface area contributed by atoms with E-state index in [1.54, 1.807) is 22.5 Å². The Labute approximate surface area is 143 Å².